The zero-order valence-corrected chi connectivity index (χ0v) is 9.73. The van der Waals surface area contributed by atoms with E-state index < -0.39 is 11.6 Å². The number of anilines is 1. The predicted octanol–water partition coefficient (Wildman–Crippen LogP) is 2.65. The Labute approximate surface area is 102 Å². The highest BCUT2D eigenvalue weighted by Crippen LogP contribution is 2.32. The summed E-state index contributed by atoms with van der Waals surface area (Å²) < 4.78 is 25.9. The maximum absolute atomic E-state index is 13.0. The van der Waals surface area contributed by atoms with Gasteiger partial charge in [-0.3, -0.25) is 4.79 Å². The minimum absolute atomic E-state index is 0.0229. The SMILES string of the molecule is O=C1CC(S)CN1c1cc(F)c(F)cc1Cl. The molecule has 2 rings (SSSR count). The van der Waals surface area contributed by atoms with Crippen LogP contribution in [0.2, 0.25) is 5.02 Å². The van der Waals surface area contributed by atoms with Gasteiger partial charge in [0.2, 0.25) is 5.91 Å². The van der Waals surface area contributed by atoms with E-state index in [2.05, 4.69) is 12.6 Å². The van der Waals surface area contributed by atoms with Gasteiger partial charge in [0.15, 0.2) is 11.6 Å². The van der Waals surface area contributed by atoms with Crippen LogP contribution in [0.4, 0.5) is 14.5 Å². The molecule has 1 fully saturated rings. The molecule has 1 saturated heterocycles. The van der Waals surface area contributed by atoms with Crippen LogP contribution in [-0.2, 0) is 4.79 Å². The van der Waals surface area contributed by atoms with Crippen LogP contribution >= 0.6 is 24.2 Å². The number of hydrogen-bond acceptors (Lipinski definition) is 2. The molecule has 2 nitrogen and oxygen atoms in total. The fourth-order valence-electron chi connectivity index (χ4n) is 1.64. The maximum atomic E-state index is 13.0. The summed E-state index contributed by atoms with van der Waals surface area (Å²) in [5.41, 5.74) is 0.196. The van der Waals surface area contributed by atoms with Crippen molar-refractivity contribution in [3.63, 3.8) is 0 Å². The van der Waals surface area contributed by atoms with Crippen LogP contribution in [0.5, 0.6) is 0 Å². The van der Waals surface area contributed by atoms with Crippen molar-refractivity contribution in [3.8, 4) is 0 Å². The fourth-order valence-corrected chi connectivity index (χ4v) is 2.21. The molecule has 6 heteroatoms. The standard InChI is InChI=1S/C10H8ClF2NOS/c11-6-2-7(12)8(13)3-9(6)14-4-5(16)1-10(14)15/h2-3,5,16H,1,4H2. The van der Waals surface area contributed by atoms with Crippen LogP contribution in [0, 0.1) is 11.6 Å². The predicted molar refractivity (Wildman–Crippen MR) is 61.1 cm³/mol. The number of amides is 1. The van der Waals surface area contributed by atoms with Gasteiger partial charge >= 0.3 is 0 Å². The highest BCUT2D eigenvalue weighted by Gasteiger charge is 2.30. The molecule has 1 aromatic carbocycles. The topological polar surface area (TPSA) is 20.3 Å². The molecule has 16 heavy (non-hydrogen) atoms. The average molecular weight is 264 g/mol. The summed E-state index contributed by atoms with van der Waals surface area (Å²) in [6, 6.07) is 1.80. The van der Waals surface area contributed by atoms with Crippen molar-refractivity contribution < 1.29 is 13.6 Å². The van der Waals surface area contributed by atoms with Gasteiger partial charge in [0, 0.05) is 24.3 Å². The first kappa shape index (κ1) is 11.7. The van der Waals surface area contributed by atoms with Gasteiger partial charge in [0.25, 0.3) is 0 Å². The highest BCUT2D eigenvalue weighted by atomic mass is 35.5. The smallest absolute Gasteiger partial charge is 0.228 e. The quantitative estimate of drug-likeness (QED) is 0.610. The van der Waals surface area contributed by atoms with Gasteiger partial charge in [0.05, 0.1) is 10.7 Å². The molecule has 1 aromatic rings. The number of carbonyl (C=O) groups is 1. The van der Waals surface area contributed by atoms with Crippen molar-refractivity contribution >= 4 is 35.8 Å². The zero-order valence-electron chi connectivity index (χ0n) is 8.08. The second-order valence-corrected chi connectivity index (χ2v) is 4.72. The first-order valence-corrected chi connectivity index (χ1v) is 5.51. The van der Waals surface area contributed by atoms with E-state index >= 15 is 0 Å². The second kappa shape index (κ2) is 4.22. The van der Waals surface area contributed by atoms with Crippen LogP contribution < -0.4 is 4.90 Å². The van der Waals surface area contributed by atoms with E-state index in [1.807, 2.05) is 0 Å². The first-order chi connectivity index (χ1) is 7.49. The number of carbonyl (C=O) groups excluding carboxylic acids is 1. The van der Waals surface area contributed by atoms with Crippen LogP contribution in [-0.4, -0.2) is 17.7 Å². The summed E-state index contributed by atoms with van der Waals surface area (Å²) in [4.78, 5) is 12.9. The van der Waals surface area contributed by atoms with Gasteiger partial charge in [-0.05, 0) is 6.07 Å². The molecule has 0 bridgehead atoms. The molecular formula is C10H8ClF2NOS. The normalized spacial score (nSPS) is 20.6. The van der Waals surface area contributed by atoms with Crippen molar-refractivity contribution in [1.29, 1.82) is 0 Å². The Morgan fingerprint density at radius 3 is 2.56 bits per heavy atom. The molecule has 0 spiro atoms. The number of thiol groups is 1. The molecule has 0 aromatic heterocycles. The molecule has 1 atom stereocenters. The highest BCUT2D eigenvalue weighted by molar-refractivity contribution is 7.81. The Bertz CT molecular complexity index is 455. The molecule has 1 amide bonds. The average Bonchev–Trinajstić information content (AvgIpc) is 2.51. The Balaban J connectivity index is 2.41. The van der Waals surface area contributed by atoms with Gasteiger partial charge < -0.3 is 4.90 Å². The first-order valence-electron chi connectivity index (χ1n) is 4.62. The van der Waals surface area contributed by atoms with Gasteiger partial charge in [0.1, 0.15) is 0 Å². The third-order valence-electron chi connectivity index (χ3n) is 2.39. The summed E-state index contributed by atoms with van der Waals surface area (Å²) in [7, 11) is 0. The Hall–Kier alpha value is -0.810. The summed E-state index contributed by atoms with van der Waals surface area (Å²) in [5.74, 6) is -2.23. The van der Waals surface area contributed by atoms with Crippen LogP contribution in [0.1, 0.15) is 6.42 Å². The van der Waals surface area contributed by atoms with E-state index in [0.717, 1.165) is 12.1 Å². The Kier molecular flexibility index (Phi) is 3.08. The number of benzene rings is 1. The zero-order chi connectivity index (χ0) is 11.9. The van der Waals surface area contributed by atoms with E-state index in [4.69, 9.17) is 11.6 Å². The Morgan fingerprint density at radius 1 is 1.38 bits per heavy atom. The summed E-state index contributed by atoms with van der Waals surface area (Å²) in [6.07, 6.45) is 0.276. The number of hydrogen-bond donors (Lipinski definition) is 1. The largest absolute Gasteiger partial charge is 0.310 e. The summed E-state index contributed by atoms with van der Waals surface area (Å²) >= 11 is 9.94. The van der Waals surface area contributed by atoms with Crippen molar-refractivity contribution in [3.05, 3.63) is 28.8 Å². The van der Waals surface area contributed by atoms with Gasteiger partial charge in [-0.25, -0.2) is 8.78 Å². The third-order valence-corrected chi connectivity index (χ3v) is 3.03. The van der Waals surface area contributed by atoms with Crippen LogP contribution in [0.25, 0.3) is 0 Å². The van der Waals surface area contributed by atoms with Gasteiger partial charge in [-0.2, -0.15) is 12.6 Å². The second-order valence-electron chi connectivity index (χ2n) is 3.58. The van der Waals surface area contributed by atoms with E-state index in [9.17, 15) is 13.6 Å². The summed E-state index contributed by atoms with van der Waals surface area (Å²) in [5, 5.41) is -0.0774. The van der Waals surface area contributed by atoms with Crippen LogP contribution in [0.15, 0.2) is 12.1 Å². The number of nitrogens with zero attached hydrogens (tertiary/aromatic N) is 1. The molecular weight excluding hydrogens is 256 g/mol. The van der Waals surface area contributed by atoms with Crippen molar-refractivity contribution in [2.24, 2.45) is 0 Å². The number of halogens is 3. The number of rotatable bonds is 1. The lowest BCUT2D eigenvalue weighted by Crippen LogP contribution is -2.25. The summed E-state index contributed by atoms with van der Waals surface area (Å²) in [6.45, 7) is 0.354. The Morgan fingerprint density at radius 2 is 2.00 bits per heavy atom. The molecule has 0 aliphatic carbocycles. The molecule has 1 unspecified atom stereocenters. The lowest BCUT2D eigenvalue weighted by molar-refractivity contribution is -0.117. The fraction of sp³-hybridized carbons (Fsp3) is 0.300. The molecule has 1 heterocycles. The molecule has 1 aliphatic heterocycles. The molecule has 86 valence electrons. The molecule has 0 N–H and O–H groups in total. The van der Waals surface area contributed by atoms with E-state index in [1.165, 1.54) is 4.90 Å². The lowest BCUT2D eigenvalue weighted by atomic mass is 10.2. The van der Waals surface area contributed by atoms with Gasteiger partial charge in [-0.15, -0.1) is 0 Å². The van der Waals surface area contributed by atoms with Crippen LogP contribution in [0.3, 0.4) is 0 Å². The van der Waals surface area contributed by atoms with E-state index in [1.54, 1.807) is 0 Å². The van der Waals surface area contributed by atoms with Gasteiger partial charge in [-0.1, -0.05) is 11.6 Å². The lowest BCUT2D eigenvalue weighted by Gasteiger charge is -2.17. The molecule has 1 aliphatic rings. The third kappa shape index (κ3) is 2.01. The van der Waals surface area contributed by atoms with Crippen molar-refractivity contribution in [2.45, 2.75) is 11.7 Å². The maximum Gasteiger partial charge on any atom is 0.228 e. The van der Waals surface area contributed by atoms with E-state index in [0.29, 0.717) is 6.54 Å². The molecule has 0 saturated carbocycles. The minimum Gasteiger partial charge on any atom is -0.310 e. The van der Waals surface area contributed by atoms with E-state index in [-0.39, 0.29) is 28.3 Å². The monoisotopic (exact) mass is 263 g/mol. The van der Waals surface area contributed by atoms with Crippen molar-refractivity contribution in [2.75, 3.05) is 11.4 Å². The minimum atomic E-state index is -1.03. The van der Waals surface area contributed by atoms with Crippen molar-refractivity contribution in [1.82, 2.24) is 0 Å². The molecule has 0 radical (unpaired) electrons.